The Labute approximate surface area is 120 Å². The molecule has 1 aliphatic rings. The van der Waals surface area contributed by atoms with Gasteiger partial charge in [-0.25, -0.2) is 8.78 Å². The van der Waals surface area contributed by atoms with Gasteiger partial charge < -0.3 is 5.32 Å². The van der Waals surface area contributed by atoms with Gasteiger partial charge in [-0.05, 0) is 32.8 Å². The quantitative estimate of drug-likeness (QED) is 0.915. The lowest BCUT2D eigenvalue weighted by Gasteiger charge is -2.45. The van der Waals surface area contributed by atoms with Crippen LogP contribution < -0.4 is 5.32 Å². The second-order valence-electron chi connectivity index (χ2n) is 6.56. The number of likely N-dealkylation sites (tertiary alicyclic amines) is 1. The van der Waals surface area contributed by atoms with Crippen molar-refractivity contribution in [2.75, 3.05) is 13.1 Å². The monoisotopic (exact) mass is 282 g/mol. The van der Waals surface area contributed by atoms with Gasteiger partial charge in [0.1, 0.15) is 0 Å². The van der Waals surface area contributed by atoms with Crippen molar-refractivity contribution in [3.05, 3.63) is 35.9 Å². The Bertz CT molecular complexity index is 426. The Kier molecular flexibility index (Phi) is 4.45. The molecular formula is C16H24F2N2. The molecule has 1 heterocycles. The lowest BCUT2D eigenvalue weighted by Crippen LogP contribution is -2.60. The fraction of sp³-hybridized carbons (Fsp3) is 0.625. The molecule has 0 spiro atoms. The smallest absolute Gasteiger partial charge is 0.275 e. The second-order valence-corrected chi connectivity index (χ2v) is 6.56. The normalized spacial score (nSPS) is 23.8. The molecule has 4 heteroatoms. The first-order chi connectivity index (χ1) is 9.29. The highest BCUT2D eigenvalue weighted by atomic mass is 19.3. The predicted octanol–water partition coefficient (Wildman–Crippen LogP) is 3.28. The van der Waals surface area contributed by atoms with Crippen LogP contribution in [0.4, 0.5) is 8.78 Å². The fourth-order valence-corrected chi connectivity index (χ4v) is 2.60. The Balaban J connectivity index is 1.94. The van der Waals surface area contributed by atoms with Gasteiger partial charge in [0.15, 0.2) is 0 Å². The number of rotatable bonds is 3. The van der Waals surface area contributed by atoms with Crippen molar-refractivity contribution in [2.24, 2.45) is 0 Å². The third-order valence-electron chi connectivity index (χ3n) is 3.94. The van der Waals surface area contributed by atoms with Crippen LogP contribution >= 0.6 is 0 Å². The van der Waals surface area contributed by atoms with Crippen LogP contribution in [-0.4, -0.2) is 35.5 Å². The van der Waals surface area contributed by atoms with Crippen molar-refractivity contribution in [2.45, 2.75) is 51.2 Å². The van der Waals surface area contributed by atoms with E-state index in [1.165, 1.54) is 0 Å². The van der Waals surface area contributed by atoms with E-state index in [2.05, 4.69) is 5.32 Å². The maximum absolute atomic E-state index is 14.2. The zero-order valence-electron chi connectivity index (χ0n) is 12.5. The lowest BCUT2D eigenvalue weighted by atomic mass is 9.95. The number of halogens is 2. The third-order valence-corrected chi connectivity index (χ3v) is 3.94. The summed E-state index contributed by atoms with van der Waals surface area (Å²) in [6, 6.07) is 8.96. The van der Waals surface area contributed by atoms with E-state index >= 15 is 0 Å². The zero-order chi connectivity index (χ0) is 14.8. The molecule has 1 aromatic rings. The summed E-state index contributed by atoms with van der Waals surface area (Å²) >= 11 is 0. The minimum absolute atomic E-state index is 0.164. The summed E-state index contributed by atoms with van der Waals surface area (Å²) < 4.78 is 28.5. The highest BCUT2D eigenvalue weighted by Gasteiger charge is 2.46. The number of nitrogens with zero attached hydrogens (tertiary/aromatic N) is 1. The first-order valence-electron chi connectivity index (χ1n) is 7.19. The van der Waals surface area contributed by atoms with E-state index in [0.717, 1.165) is 5.56 Å². The number of hydrogen-bond donors (Lipinski definition) is 1. The Morgan fingerprint density at radius 3 is 2.45 bits per heavy atom. The van der Waals surface area contributed by atoms with Gasteiger partial charge in [-0.1, -0.05) is 30.3 Å². The Morgan fingerprint density at radius 2 is 1.90 bits per heavy atom. The molecule has 20 heavy (non-hydrogen) atoms. The Morgan fingerprint density at radius 1 is 1.25 bits per heavy atom. The topological polar surface area (TPSA) is 15.3 Å². The van der Waals surface area contributed by atoms with Crippen LogP contribution in [0.5, 0.6) is 0 Å². The van der Waals surface area contributed by atoms with E-state index in [0.29, 0.717) is 19.5 Å². The van der Waals surface area contributed by atoms with Crippen molar-refractivity contribution in [1.82, 2.24) is 10.2 Å². The molecule has 0 radical (unpaired) electrons. The molecule has 1 fully saturated rings. The van der Waals surface area contributed by atoms with Crippen molar-refractivity contribution in [1.29, 1.82) is 0 Å². The number of alkyl halides is 2. The SMILES string of the molecule is CC(C)(C)N1CCC(NCc2ccccc2)C(F)(F)C1. The summed E-state index contributed by atoms with van der Waals surface area (Å²) in [4.78, 5) is 1.87. The van der Waals surface area contributed by atoms with Crippen LogP contribution in [0.1, 0.15) is 32.8 Å². The van der Waals surface area contributed by atoms with Crippen molar-refractivity contribution < 1.29 is 8.78 Å². The molecule has 1 saturated heterocycles. The van der Waals surface area contributed by atoms with E-state index in [4.69, 9.17) is 0 Å². The Hall–Kier alpha value is -1.00. The molecule has 1 N–H and O–H groups in total. The summed E-state index contributed by atoms with van der Waals surface area (Å²) in [5, 5.41) is 3.02. The highest BCUT2D eigenvalue weighted by molar-refractivity contribution is 5.14. The van der Waals surface area contributed by atoms with Gasteiger partial charge >= 0.3 is 0 Å². The minimum Gasteiger partial charge on any atom is -0.304 e. The summed E-state index contributed by atoms with van der Waals surface area (Å²) in [5.41, 5.74) is 0.843. The van der Waals surface area contributed by atoms with Crippen molar-refractivity contribution in [3.63, 3.8) is 0 Å². The molecule has 1 unspecified atom stereocenters. The van der Waals surface area contributed by atoms with E-state index in [1.807, 2.05) is 56.0 Å². The number of benzene rings is 1. The lowest BCUT2D eigenvalue weighted by molar-refractivity contribution is -0.110. The standard InChI is InChI=1S/C16H24F2N2/c1-15(2,3)20-10-9-14(16(17,18)12-20)19-11-13-7-5-4-6-8-13/h4-8,14,19H,9-12H2,1-3H3. The highest BCUT2D eigenvalue weighted by Crippen LogP contribution is 2.31. The number of nitrogens with one attached hydrogen (secondary N) is 1. The van der Waals surface area contributed by atoms with Gasteiger partial charge in [-0.3, -0.25) is 4.90 Å². The van der Waals surface area contributed by atoms with Crippen LogP contribution in [0.25, 0.3) is 0 Å². The van der Waals surface area contributed by atoms with Crippen LogP contribution in [0.3, 0.4) is 0 Å². The average Bonchev–Trinajstić information content (AvgIpc) is 2.36. The molecule has 2 rings (SSSR count). The van der Waals surface area contributed by atoms with E-state index in [9.17, 15) is 8.78 Å². The van der Waals surface area contributed by atoms with Crippen molar-refractivity contribution >= 4 is 0 Å². The predicted molar refractivity (Wildman–Crippen MR) is 78.0 cm³/mol. The minimum atomic E-state index is -2.68. The van der Waals surface area contributed by atoms with Gasteiger partial charge in [0.2, 0.25) is 0 Å². The van der Waals surface area contributed by atoms with Gasteiger partial charge in [-0.2, -0.15) is 0 Å². The van der Waals surface area contributed by atoms with E-state index < -0.39 is 12.0 Å². The summed E-state index contributed by atoms with van der Waals surface area (Å²) in [6.45, 7) is 7.01. The zero-order valence-corrected chi connectivity index (χ0v) is 12.5. The number of hydrogen-bond acceptors (Lipinski definition) is 2. The fourth-order valence-electron chi connectivity index (χ4n) is 2.60. The van der Waals surface area contributed by atoms with Gasteiger partial charge in [0, 0.05) is 18.6 Å². The molecule has 1 aromatic carbocycles. The molecule has 1 aliphatic heterocycles. The molecule has 0 bridgehead atoms. The molecule has 112 valence electrons. The number of piperidine rings is 1. The summed E-state index contributed by atoms with van der Waals surface area (Å²) in [7, 11) is 0. The summed E-state index contributed by atoms with van der Waals surface area (Å²) in [6.07, 6.45) is 0.483. The molecule has 0 amide bonds. The van der Waals surface area contributed by atoms with E-state index in [1.54, 1.807) is 0 Å². The van der Waals surface area contributed by atoms with Gasteiger partial charge in [0.05, 0.1) is 12.6 Å². The molecule has 2 nitrogen and oxygen atoms in total. The van der Waals surface area contributed by atoms with E-state index in [-0.39, 0.29) is 12.1 Å². The molecular weight excluding hydrogens is 258 g/mol. The largest absolute Gasteiger partial charge is 0.304 e. The van der Waals surface area contributed by atoms with Gasteiger partial charge in [-0.15, -0.1) is 0 Å². The third kappa shape index (κ3) is 3.76. The maximum atomic E-state index is 14.2. The van der Waals surface area contributed by atoms with Crippen molar-refractivity contribution in [3.8, 4) is 0 Å². The van der Waals surface area contributed by atoms with Gasteiger partial charge in [0.25, 0.3) is 5.92 Å². The molecule has 0 saturated carbocycles. The molecule has 1 atom stereocenters. The first-order valence-corrected chi connectivity index (χ1v) is 7.19. The molecule has 0 aromatic heterocycles. The van der Waals surface area contributed by atoms with Crippen LogP contribution in [0, 0.1) is 0 Å². The second kappa shape index (κ2) is 5.78. The average molecular weight is 282 g/mol. The van der Waals surface area contributed by atoms with Crippen LogP contribution in [0.15, 0.2) is 30.3 Å². The maximum Gasteiger partial charge on any atom is 0.275 e. The van der Waals surface area contributed by atoms with Crippen LogP contribution in [-0.2, 0) is 6.54 Å². The first kappa shape index (κ1) is 15.4. The summed E-state index contributed by atoms with van der Waals surface area (Å²) in [5.74, 6) is -2.68. The molecule has 0 aliphatic carbocycles. The van der Waals surface area contributed by atoms with Crippen LogP contribution in [0.2, 0.25) is 0 Å².